The van der Waals surface area contributed by atoms with Crippen LogP contribution in [0.2, 0.25) is 0 Å². The normalized spacial score (nSPS) is 36.8. The Bertz CT molecular complexity index is 244. The lowest BCUT2D eigenvalue weighted by Gasteiger charge is -2.47. The third-order valence-electron chi connectivity index (χ3n) is 3.56. The van der Waals surface area contributed by atoms with Crippen LogP contribution in [-0.4, -0.2) is 36.1 Å². The van der Waals surface area contributed by atoms with E-state index in [1.807, 2.05) is 0 Å². The minimum absolute atomic E-state index is 0.150. The smallest absolute Gasteiger partial charge is 0.0743 e. The van der Waals surface area contributed by atoms with Crippen LogP contribution in [-0.2, 0) is 0 Å². The molecule has 0 radical (unpaired) electrons. The van der Waals surface area contributed by atoms with E-state index in [-0.39, 0.29) is 5.54 Å². The first-order valence-electron chi connectivity index (χ1n) is 5.58. The van der Waals surface area contributed by atoms with Crippen LogP contribution < -0.4 is 5.32 Å². The van der Waals surface area contributed by atoms with Crippen LogP contribution in [0.4, 0.5) is 0 Å². The lowest BCUT2D eigenvalue weighted by Crippen LogP contribution is -2.60. The van der Waals surface area contributed by atoms with Crippen molar-refractivity contribution in [3.63, 3.8) is 0 Å². The van der Waals surface area contributed by atoms with E-state index in [1.165, 1.54) is 32.5 Å². The minimum Gasteiger partial charge on any atom is -0.302 e. The molecule has 3 rings (SSSR count). The zero-order valence-electron chi connectivity index (χ0n) is 9.21. The molecule has 2 bridgehead atoms. The highest BCUT2D eigenvalue weighted by Gasteiger charge is 2.35. The van der Waals surface area contributed by atoms with Crippen molar-refractivity contribution in [2.24, 2.45) is 5.92 Å². The molecular weight excluding hydrogens is 172 g/mol. The van der Waals surface area contributed by atoms with E-state index < -0.39 is 0 Å². The van der Waals surface area contributed by atoms with Crippen molar-refractivity contribution in [1.29, 1.82) is 0 Å². The number of rotatable bonds is 2. The summed E-state index contributed by atoms with van der Waals surface area (Å²) < 4.78 is 0. The van der Waals surface area contributed by atoms with Crippen molar-refractivity contribution in [2.45, 2.75) is 38.3 Å². The van der Waals surface area contributed by atoms with E-state index >= 15 is 0 Å². The molecule has 3 aliphatic heterocycles. The molecule has 0 spiro atoms. The standard InChI is InChI=1S/C12H20N2/c1-4-12(2,3)13-11-9-14-7-5-10(11)6-8-14/h1,10-11,13H,5-9H2,2-3H3. The van der Waals surface area contributed by atoms with Gasteiger partial charge >= 0.3 is 0 Å². The molecule has 0 aliphatic carbocycles. The number of fused-ring (bicyclic) bond motifs is 3. The Hall–Kier alpha value is -0.520. The van der Waals surface area contributed by atoms with Gasteiger partial charge in [-0.3, -0.25) is 5.32 Å². The van der Waals surface area contributed by atoms with Gasteiger partial charge < -0.3 is 4.90 Å². The van der Waals surface area contributed by atoms with Gasteiger partial charge in [-0.2, -0.15) is 0 Å². The molecule has 2 nitrogen and oxygen atoms in total. The second-order valence-corrected chi connectivity index (χ2v) is 5.16. The monoisotopic (exact) mass is 192 g/mol. The van der Waals surface area contributed by atoms with Crippen LogP contribution >= 0.6 is 0 Å². The Morgan fingerprint density at radius 1 is 1.36 bits per heavy atom. The van der Waals surface area contributed by atoms with Crippen LogP contribution in [0.5, 0.6) is 0 Å². The highest BCUT2D eigenvalue weighted by Crippen LogP contribution is 2.28. The van der Waals surface area contributed by atoms with Gasteiger partial charge in [-0.1, -0.05) is 5.92 Å². The molecule has 14 heavy (non-hydrogen) atoms. The zero-order chi connectivity index (χ0) is 10.2. The van der Waals surface area contributed by atoms with Crippen molar-refractivity contribution in [3.8, 4) is 12.3 Å². The Balaban J connectivity index is 1.97. The van der Waals surface area contributed by atoms with Crippen LogP contribution in [0.3, 0.4) is 0 Å². The molecule has 2 heteroatoms. The number of piperidine rings is 3. The summed E-state index contributed by atoms with van der Waals surface area (Å²) >= 11 is 0. The number of nitrogens with one attached hydrogen (secondary N) is 1. The molecule has 0 aromatic rings. The first-order chi connectivity index (χ1) is 6.61. The Labute approximate surface area is 87.1 Å². The van der Waals surface area contributed by atoms with E-state index in [1.54, 1.807) is 0 Å². The van der Waals surface area contributed by atoms with Crippen molar-refractivity contribution < 1.29 is 0 Å². The highest BCUT2D eigenvalue weighted by molar-refractivity contribution is 5.09. The number of terminal acetylenes is 1. The lowest BCUT2D eigenvalue weighted by molar-refractivity contribution is 0.0644. The second-order valence-electron chi connectivity index (χ2n) is 5.16. The predicted molar refractivity (Wildman–Crippen MR) is 59.0 cm³/mol. The summed E-state index contributed by atoms with van der Waals surface area (Å²) in [6, 6.07) is 0.614. The van der Waals surface area contributed by atoms with Gasteiger partial charge in [0.05, 0.1) is 5.54 Å². The molecule has 0 aromatic heterocycles. The SMILES string of the molecule is C#CC(C)(C)NC1CN2CCC1CC2. The van der Waals surface area contributed by atoms with E-state index in [0.717, 1.165) is 5.92 Å². The fourth-order valence-corrected chi connectivity index (χ4v) is 2.63. The third kappa shape index (κ3) is 1.94. The van der Waals surface area contributed by atoms with Gasteiger partial charge in [-0.05, 0) is 45.7 Å². The molecular formula is C12H20N2. The van der Waals surface area contributed by atoms with E-state index in [9.17, 15) is 0 Å². The van der Waals surface area contributed by atoms with Gasteiger partial charge in [0.2, 0.25) is 0 Å². The Kier molecular flexibility index (Phi) is 2.55. The lowest BCUT2D eigenvalue weighted by atomic mass is 9.83. The summed E-state index contributed by atoms with van der Waals surface area (Å²) in [7, 11) is 0. The summed E-state index contributed by atoms with van der Waals surface area (Å²) in [6.07, 6.45) is 8.19. The molecule has 1 N–H and O–H groups in total. The molecule has 3 aliphatic rings. The summed E-state index contributed by atoms with van der Waals surface area (Å²) in [5.41, 5.74) is -0.150. The van der Waals surface area contributed by atoms with E-state index in [4.69, 9.17) is 6.42 Å². The topological polar surface area (TPSA) is 15.3 Å². The Morgan fingerprint density at radius 2 is 2.00 bits per heavy atom. The fourth-order valence-electron chi connectivity index (χ4n) is 2.63. The van der Waals surface area contributed by atoms with Gasteiger partial charge in [0, 0.05) is 12.6 Å². The van der Waals surface area contributed by atoms with E-state index in [0.29, 0.717) is 6.04 Å². The number of hydrogen-bond donors (Lipinski definition) is 1. The minimum atomic E-state index is -0.150. The Morgan fingerprint density at radius 3 is 2.43 bits per heavy atom. The van der Waals surface area contributed by atoms with Crippen LogP contribution in [0.15, 0.2) is 0 Å². The van der Waals surface area contributed by atoms with E-state index in [2.05, 4.69) is 30.0 Å². The average Bonchev–Trinajstić information content (AvgIpc) is 2.19. The quantitative estimate of drug-likeness (QED) is 0.659. The van der Waals surface area contributed by atoms with Gasteiger partial charge in [0.25, 0.3) is 0 Å². The first-order valence-corrected chi connectivity index (χ1v) is 5.58. The summed E-state index contributed by atoms with van der Waals surface area (Å²) in [4.78, 5) is 2.55. The summed E-state index contributed by atoms with van der Waals surface area (Å²) in [5, 5.41) is 3.60. The van der Waals surface area contributed by atoms with Gasteiger partial charge in [0.15, 0.2) is 0 Å². The van der Waals surface area contributed by atoms with Crippen molar-refractivity contribution in [3.05, 3.63) is 0 Å². The third-order valence-corrected chi connectivity index (χ3v) is 3.56. The van der Waals surface area contributed by atoms with Crippen LogP contribution in [0.25, 0.3) is 0 Å². The molecule has 0 amide bonds. The molecule has 1 unspecified atom stereocenters. The van der Waals surface area contributed by atoms with Crippen LogP contribution in [0, 0.1) is 18.3 Å². The van der Waals surface area contributed by atoms with Crippen molar-refractivity contribution >= 4 is 0 Å². The zero-order valence-corrected chi connectivity index (χ0v) is 9.21. The number of hydrogen-bond acceptors (Lipinski definition) is 2. The fraction of sp³-hybridized carbons (Fsp3) is 0.833. The summed E-state index contributed by atoms with van der Waals surface area (Å²) in [6.45, 7) is 7.95. The first kappa shape index (κ1) is 10.0. The molecule has 0 saturated carbocycles. The van der Waals surface area contributed by atoms with Gasteiger partial charge in [-0.15, -0.1) is 6.42 Å². The maximum atomic E-state index is 5.50. The maximum absolute atomic E-state index is 5.50. The maximum Gasteiger partial charge on any atom is 0.0743 e. The van der Waals surface area contributed by atoms with Gasteiger partial charge in [-0.25, -0.2) is 0 Å². The van der Waals surface area contributed by atoms with Crippen molar-refractivity contribution in [2.75, 3.05) is 19.6 Å². The van der Waals surface area contributed by atoms with Crippen LogP contribution in [0.1, 0.15) is 26.7 Å². The molecule has 3 saturated heterocycles. The molecule has 1 atom stereocenters. The number of nitrogens with zero attached hydrogens (tertiary/aromatic N) is 1. The average molecular weight is 192 g/mol. The molecule has 3 heterocycles. The second kappa shape index (κ2) is 3.56. The largest absolute Gasteiger partial charge is 0.302 e. The highest BCUT2D eigenvalue weighted by atomic mass is 15.2. The molecule has 0 aromatic carbocycles. The summed E-state index contributed by atoms with van der Waals surface area (Å²) in [5.74, 6) is 3.67. The molecule has 78 valence electrons. The predicted octanol–water partition coefficient (Wildman–Crippen LogP) is 1.08. The van der Waals surface area contributed by atoms with Crippen molar-refractivity contribution in [1.82, 2.24) is 10.2 Å². The van der Waals surface area contributed by atoms with Gasteiger partial charge in [0.1, 0.15) is 0 Å². The molecule has 3 fully saturated rings.